The number of hydrogen-bond acceptors (Lipinski definition) is 3. The molecule has 0 spiro atoms. The predicted octanol–water partition coefficient (Wildman–Crippen LogP) is 0.136. The fraction of sp³-hybridized carbons (Fsp3) is 0.417. The molecule has 1 atom stereocenters. The molecule has 1 saturated heterocycles. The molecule has 0 aliphatic carbocycles. The van der Waals surface area contributed by atoms with E-state index in [1.54, 1.807) is 13.0 Å². The number of nitrogens with zero attached hydrogens (tertiary/aromatic N) is 1. The third kappa shape index (κ3) is 1.88. The van der Waals surface area contributed by atoms with Crippen molar-refractivity contribution in [2.24, 2.45) is 0 Å². The second-order valence-corrected chi connectivity index (χ2v) is 4.25. The number of carbonyl (C=O) groups is 3. The van der Waals surface area contributed by atoms with Crippen LogP contribution in [-0.4, -0.2) is 35.2 Å². The zero-order chi connectivity index (χ0) is 12.6. The summed E-state index contributed by atoms with van der Waals surface area (Å²) in [6.45, 7) is 5.78. The summed E-state index contributed by atoms with van der Waals surface area (Å²) < 4.78 is 0. The van der Waals surface area contributed by atoms with Crippen LogP contribution in [0, 0.1) is 0 Å². The number of rotatable bonds is 2. The molecule has 0 saturated carbocycles. The van der Waals surface area contributed by atoms with Gasteiger partial charge >= 0.3 is 0 Å². The van der Waals surface area contributed by atoms with Crippen molar-refractivity contribution in [2.75, 3.05) is 6.54 Å². The van der Waals surface area contributed by atoms with Crippen LogP contribution in [0.15, 0.2) is 23.8 Å². The standard InChI is InChI=1S/C12H14N2O3/c1-3-8-6-14(12(17)7(8)2)9-4-5-10(15)13-11(9)16/h3,9H,1,4-6H2,2H3,(H,13,15,16). The Morgan fingerprint density at radius 2 is 2.12 bits per heavy atom. The molecule has 0 aromatic carbocycles. The van der Waals surface area contributed by atoms with Crippen LogP contribution in [-0.2, 0) is 14.4 Å². The number of nitrogens with one attached hydrogen (secondary N) is 1. The first-order valence-corrected chi connectivity index (χ1v) is 5.51. The van der Waals surface area contributed by atoms with E-state index in [0.717, 1.165) is 5.57 Å². The maximum absolute atomic E-state index is 12.0. The van der Waals surface area contributed by atoms with E-state index in [2.05, 4.69) is 11.9 Å². The molecule has 5 heteroatoms. The van der Waals surface area contributed by atoms with Crippen LogP contribution >= 0.6 is 0 Å². The summed E-state index contributed by atoms with van der Waals surface area (Å²) in [5.41, 5.74) is 1.48. The van der Waals surface area contributed by atoms with E-state index in [1.165, 1.54) is 4.90 Å². The average molecular weight is 234 g/mol. The molecule has 1 unspecified atom stereocenters. The zero-order valence-corrected chi connectivity index (χ0v) is 9.66. The van der Waals surface area contributed by atoms with Gasteiger partial charge in [0.25, 0.3) is 5.91 Å². The molecule has 2 heterocycles. The van der Waals surface area contributed by atoms with Crippen molar-refractivity contribution in [2.45, 2.75) is 25.8 Å². The minimum atomic E-state index is -0.535. The van der Waals surface area contributed by atoms with Gasteiger partial charge in [-0.25, -0.2) is 0 Å². The summed E-state index contributed by atoms with van der Waals surface area (Å²) in [6, 6.07) is -0.535. The van der Waals surface area contributed by atoms with E-state index in [0.29, 0.717) is 18.5 Å². The Morgan fingerprint density at radius 3 is 2.65 bits per heavy atom. The first-order chi connectivity index (χ1) is 8.04. The fourth-order valence-corrected chi connectivity index (χ4v) is 2.18. The lowest BCUT2D eigenvalue weighted by Crippen LogP contribution is -2.53. The summed E-state index contributed by atoms with van der Waals surface area (Å²) in [5.74, 6) is -0.798. The monoisotopic (exact) mass is 234 g/mol. The van der Waals surface area contributed by atoms with Crippen LogP contribution in [0.2, 0.25) is 0 Å². The lowest BCUT2D eigenvalue weighted by atomic mass is 10.0. The van der Waals surface area contributed by atoms with Gasteiger partial charge in [0.2, 0.25) is 11.8 Å². The third-order valence-corrected chi connectivity index (χ3v) is 3.24. The predicted molar refractivity (Wildman–Crippen MR) is 60.8 cm³/mol. The second kappa shape index (κ2) is 4.16. The maximum atomic E-state index is 12.0. The number of piperidine rings is 1. The summed E-state index contributed by atoms with van der Waals surface area (Å²) >= 11 is 0. The van der Waals surface area contributed by atoms with Crippen LogP contribution in [0.25, 0.3) is 0 Å². The normalized spacial score (nSPS) is 25.4. The van der Waals surface area contributed by atoms with E-state index < -0.39 is 6.04 Å². The third-order valence-electron chi connectivity index (χ3n) is 3.24. The molecule has 17 heavy (non-hydrogen) atoms. The van der Waals surface area contributed by atoms with Crippen molar-refractivity contribution in [1.29, 1.82) is 0 Å². The van der Waals surface area contributed by atoms with Gasteiger partial charge in [-0.3, -0.25) is 19.7 Å². The summed E-state index contributed by atoms with van der Waals surface area (Å²) in [4.78, 5) is 36.2. The lowest BCUT2D eigenvalue weighted by Gasteiger charge is -2.29. The Hall–Kier alpha value is -1.91. The van der Waals surface area contributed by atoms with Crippen molar-refractivity contribution < 1.29 is 14.4 Å². The number of imide groups is 1. The first-order valence-electron chi connectivity index (χ1n) is 5.51. The van der Waals surface area contributed by atoms with Crippen LogP contribution in [0.5, 0.6) is 0 Å². The number of hydrogen-bond donors (Lipinski definition) is 1. The lowest BCUT2D eigenvalue weighted by molar-refractivity contribution is -0.142. The molecule has 2 aliphatic heterocycles. The van der Waals surface area contributed by atoms with Crippen LogP contribution in [0.3, 0.4) is 0 Å². The number of amides is 3. The van der Waals surface area contributed by atoms with E-state index >= 15 is 0 Å². The molecule has 90 valence electrons. The van der Waals surface area contributed by atoms with Gasteiger partial charge in [0, 0.05) is 18.5 Å². The van der Waals surface area contributed by atoms with Gasteiger partial charge in [-0.2, -0.15) is 0 Å². The summed E-state index contributed by atoms with van der Waals surface area (Å²) in [7, 11) is 0. The summed E-state index contributed by atoms with van der Waals surface area (Å²) in [5, 5.41) is 2.26. The largest absolute Gasteiger partial charge is 0.323 e. The average Bonchev–Trinajstić information content (AvgIpc) is 2.57. The maximum Gasteiger partial charge on any atom is 0.250 e. The van der Waals surface area contributed by atoms with Gasteiger partial charge in [-0.05, 0) is 18.9 Å². The Bertz CT molecular complexity index is 451. The quantitative estimate of drug-likeness (QED) is 0.691. The van der Waals surface area contributed by atoms with Gasteiger partial charge in [-0.15, -0.1) is 0 Å². The van der Waals surface area contributed by atoms with Crippen LogP contribution in [0.4, 0.5) is 0 Å². The molecule has 0 radical (unpaired) electrons. The van der Waals surface area contributed by atoms with E-state index in [9.17, 15) is 14.4 Å². The smallest absolute Gasteiger partial charge is 0.250 e. The molecule has 1 fully saturated rings. The molecular weight excluding hydrogens is 220 g/mol. The van der Waals surface area contributed by atoms with Gasteiger partial charge in [0.15, 0.2) is 0 Å². The molecule has 0 bridgehead atoms. The van der Waals surface area contributed by atoms with Crippen molar-refractivity contribution in [3.63, 3.8) is 0 Å². The highest BCUT2D eigenvalue weighted by Gasteiger charge is 2.38. The Labute approximate surface area is 99.2 Å². The minimum absolute atomic E-state index is 0.144. The van der Waals surface area contributed by atoms with Crippen molar-refractivity contribution in [3.05, 3.63) is 23.8 Å². The van der Waals surface area contributed by atoms with E-state index in [1.807, 2.05) is 0 Å². The van der Waals surface area contributed by atoms with Crippen molar-refractivity contribution in [3.8, 4) is 0 Å². The molecule has 0 aromatic rings. The topological polar surface area (TPSA) is 66.5 Å². The molecule has 5 nitrogen and oxygen atoms in total. The van der Waals surface area contributed by atoms with Crippen LogP contribution < -0.4 is 5.32 Å². The zero-order valence-electron chi connectivity index (χ0n) is 9.66. The highest BCUT2D eigenvalue weighted by atomic mass is 16.2. The molecule has 1 N–H and O–H groups in total. The minimum Gasteiger partial charge on any atom is -0.323 e. The Kier molecular flexibility index (Phi) is 2.83. The molecule has 3 amide bonds. The van der Waals surface area contributed by atoms with Gasteiger partial charge in [-0.1, -0.05) is 12.7 Å². The first kappa shape index (κ1) is 11.6. The van der Waals surface area contributed by atoms with Crippen molar-refractivity contribution >= 4 is 17.7 Å². The summed E-state index contributed by atoms with van der Waals surface area (Å²) in [6.07, 6.45) is 2.32. The molecule has 2 aliphatic rings. The molecule has 0 aromatic heterocycles. The van der Waals surface area contributed by atoms with Gasteiger partial charge in [0.05, 0.1) is 0 Å². The Balaban J connectivity index is 2.16. The number of carbonyl (C=O) groups excluding carboxylic acids is 3. The second-order valence-electron chi connectivity index (χ2n) is 4.25. The highest BCUT2D eigenvalue weighted by Crippen LogP contribution is 2.24. The van der Waals surface area contributed by atoms with E-state index in [-0.39, 0.29) is 24.1 Å². The fourth-order valence-electron chi connectivity index (χ4n) is 2.18. The molecular formula is C12H14N2O3. The Morgan fingerprint density at radius 1 is 1.41 bits per heavy atom. The SMILES string of the molecule is C=CC1=C(C)C(=O)N(C2CCC(=O)NC2=O)C1. The van der Waals surface area contributed by atoms with Gasteiger partial charge in [0.1, 0.15) is 6.04 Å². The highest BCUT2D eigenvalue weighted by molar-refractivity contribution is 6.04. The van der Waals surface area contributed by atoms with Crippen molar-refractivity contribution in [1.82, 2.24) is 10.2 Å². The van der Waals surface area contributed by atoms with Gasteiger partial charge < -0.3 is 4.90 Å². The molecule has 2 rings (SSSR count). The van der Waals surface area contributed by atoms with E-state index in [4.69, 9.17) is 0 Å². The van der Waals surface area contributed by atoms with Crippen LogP contribution in [0.1, 0.15) is 19.8 Å².